The lowest BCUT2D eigenvalue weighted by atomic mass is 10.1. The van der Waals surface area contributed by atoms with E-state index < -0.39 is 0 Å². The monoisotopic (exact) mass is 200 g/mol. The summed E-state index contributed by atoms with van der Waals surface area (Å²) < 4.78 is 4.81. The van der Waals surface area contributed by atoms with Gasteiger partial charge in [0.05, 0.1) is 0 Å². The molecule has 0 unspecified atom stereocenters. The predicted molar refractivity (Wildman–Crippen MR) is 59.8 cm³/mol. The molecule has 2 nitrogen and oxygen atoms in total. The molecule has 0 saturated heterocycles. The third kappa shape index (κ3) is 2.15. The maximum Gasteiger partial charge on any atom is 0.335 e. The van der Waals surface area contributed by atoms with Crippen LogP contribution in [0.2, 0.25) is 0 Å². The molecule has 2 rings (SSSR count). The Morgan fingerprint density at radius 3 is 2.20 bits per heavy atom. The van der Waals surface area contributed by atoms with Crippen LogP contribution in [0, 0.1) is 0 Å². The Labute approximate surface area is 88.2 Å². The lowest BCUT2D eigenvalue weighted by molar-refractivity contribution is 0.512. The number of rotatable bonds is 2. The number of aryl methyl sites for hydroxylation is 1. The van der Waals surface area contributed by atoms with Gasteiger partial charge in [0, 0.05) is 11.6 Å². The van der Waals surface area contributed by atoms with E-state index in [1.54, 1.807) is 6.07 Å². The molecule has 0 aliphatic heterocycles. The highest BCUT2D eigenvalue weighted by molar-refractivity contribution is 5.61. The Kier molecular flexibility index (Phi) is 2.68. The quantitative estimate of drug-likeness (QED) is 0.746. The fraction of sp³-hybridized carbons (Fsp3) is 0.154. The minimum absolute atomic E-state index is 0.316. The van der Waals surface area contributed by atoms with Crippen LogP contribution in [0.4, 0.5) is 0 Å². The first kappa shape index (κ1) is 9.71. The van der Waals surface area contributed by atoms with Gasteiger partial charge in [0.25, 0.3) is 0 Å². The summed E-state index contributed by atoms with van der Waals surface area (Å²) in [5, 5.41) is 0. The Morgan fingerprint density at radius 2 is 1.67 bits per heavy atom. The highest BCUT2D eigenvalue weighted by Crippen LogP contribution is 2.18. The summed E-state index contributed by atoms with van der Waals surface area (Å²) in [4.78, 5) is 10.8. The fourth-order valence-electron chi connectivity index (χ4n) is 1.46. The highest BCUT2D eigenvalue weighted by Gasteiger charge is 1.98. The van der Waals surface area contributed by atoms with E-state index >= 15 is 0 Å². The molecular formula is C13H12O2. The fourth-order valence-corrected chi connectivity index (χ4v) is 1.46. The van der Waals surface area contributed by atoms with Crippen molar-refractivity contribution in [1.82, 2.24) is 0 Å². The lowest BCUT2D eigenvalue weighted by Crippen LogP contribution is -1.93. The summed E-state index contributed by atoms with van der Waals surface area (Å²) in [7, 11) is 0. The molecule has 0 amide bonds. The van der Waals surface area contributed by atoms with Crippen LogP contribution in [0.3, 0.4) is 0 Å². The van der Waals surface area contributed by atoms with Crippen molar-refractivity contribution in [2.45, 2.75) is 13.3 Å². The lowest BCUT2D eigenvalue weighted by Gasteiger charge is -2.01. The van der Waals surface area contributed by atoms with Crippen molar-refractivity contribution in [3.05, 3.63) is 58.6 Å². The molecule has 1 aromatic heterocycles. The van der Waals surface area contributed by atoms with Crippen LogP contribution in [0.15, 0.2) is 51.9 Å². The van der Waals surface area contributed by atoms with E-state index in [-0.39, 0.29) is 5.63 Å². The van der Waals surface area contributed by atoms with E-state index in [1.807, 2.05) is 12.1 Å². The van der Waals surface area contributed by atoms with Crippen LogP contribution >= 0.6 is 0 Å². The van der Waals surface area contributed by atoms with Crippen molar-refractivity contribution < 1.29 is 4.42 Å². The predicted octanol–water partition coefficient (Wildman–Crippen LogP) is 2.87. The second kappa shape index (κ2) is 4.13. The van der Waals surface area contributed by atoms with Gasteiger partial charge >= 0.3 is 5.63 Å². The molecule has 0 radical (unpaired) electrons. The third-order valence-electron chi connectivity index (χ3n) is 2.40. The van der Waals surface area contributed by atoms with Crippen LogP contribution in [-0.4, -0.2) is 0 Å². The van der Waals surface area contributed by atoms with Gasteiger partial charge in [-0.25, -0.2) is 4.79 Å². The summed E-state index contributed by atoms with van der Waals surface area (Å²) in [5.74, 6) is 0. The molecule has 0 fully saturated rings. The van der Waals surface area contributed by atoms with Gasteiger partial charge in [0.1, 0.15) is 6.26 Å². The van der Waals surface area contributed by atoms with Gasteiger partial charge < -0.3 is 4.42 Å². The maximum absolute atomic E-state index is 10.8. The molecule has 15 heavy (non-hydrogen) atoms. The van der Waals surface area contributed by atoms with Gasteiger partial charge in [0.15, 0.2) is 0 Å². The Balaban J connectivity index is 2.37. The van der Waals surface area contributed by atoms with Crippen LogP contribution in [0.25, 0.3) is 11.1 Å². The normalized spacial score (nSPS) is 10.2. The number of hydrogen-bond donors (Lipinski definition) is 0. The zero-order valence-electron chi connectivity index (χ0n) is 8.57. The first-order valence-electron chi connectivity index (χ1n) is 4.98. The molecule has 76 valence electrons. The molecule has 1 heterocycles. The average molecular weight is 200 g/mol. The second-order valence-electron chi connectivity index (χ2n) is 3.39. The van der Waals surface area contributed by atoms with Crippen LogP contribution in [-0.2, 0) is 6.42 Å². The van der Waals surface area contributed by atoms with Gasteiger partial charge in [-0.2, -0.15) is 0 Å². The molecule has 0 saturated carbocycles. The zero-order valence-corrected chi connectivity index (χ0v) is 8.57. The third-order valence-corrected chi connectivity index (χ3v) is 2.40. The van der Waals surface area contributed by atoms with Gasteiger partial charge in [0.2, 0.25) is 0 Å². The Bertz CT molecular complexity index is 474. The molecule has 2 heteroatoms. The van der Waals surface area contributed by atoms with Crippen LogP contribution < -0.4 is 5.63 Å². The van der Waals surface area contributed by atoms with E-state index in [2.05, 4.69) is 19.1 Å². The van der Waals surface area contributed by atoms with Crippen LogP contribution in [0.1, 0.15) is 12.5 Å². The van der Waals surface area contributed by atoms with E-state index in [4.69, 9.17) is 4.42 Å². The number of benzene rings is 1. The maximum atomic E-state index is 10.8. The van der Waals surface area contributed by atoms with E-state index in [9.17, 15) is 4.79 Å². The van der Waals surface area contributed by atoms with Crippen molar-refractivity contribution in [2.24, 2.45) is 0 Å². The highest BCUT2D eigenvalue weighted by atomic mass is 16.4. The van der Waals surface area contributed by atoms with Crippen molar-refractivity contribution in [3.63, 3.8) is 0 Å². The molecule has 0 N–H and O–H groups in total. The van der Waals surface area contributed by atoms with Crippen molar-refractivity contribution in [3.8, 4) is 11.1 Å². The SMILES string of the molecule is CCc1ccc(-c2ccc(=O)oc2)cc1. The first-order chi connectivity index (χ1) is 7.29. The molecule has 0 aliphatic rings. The van der Waals surface area contributed by atoms with E-state index in [0.717, 1.165) is 17.5 Å². The van der Waals surface area contributed by atoms with Crippen LogP contribution in [0.5, 0.6) is 0 Å². The topological polar surface area (TPSA) is 30.2 Å². The summed E-state index contributed by atoms with van der Waals surface area (Å²) >= 11 is 0. The van der Waals surface area contributed by atoms with Crippen molar-refractivity contribution in [2.75, 3.05) is 0 Å². The summed E-state index contributed by atoms with van der Waals surface area (Å²) in [5.41, 5.74) is 2.98. The van der Waals surface area contributed by atoms with Gasteiger partial charge in [-0.3, -0.25) is 0 Å². The van der Waals surface area contributed by atoms with Crippen molar-refractivity contribution >= 4 is 0 Å². The summed E-state index contributed by atoms with van der Waals surface area (Å²) in [6, 6.07) is 11.4. The Hall–Kier alpha value is -1.83. The standard InChI is InChI=1S/C13H12O2/c1-2-10-3-5-11(6-4-10)12-7-8-13(14)15-9-12/h3-9H,2H2,1H3. The van der Waals surface area contributed by atoms with Gasteiger partial charge in [-0.1, -0.05) is 31.2 Å². The second-order valence-corrected chi connectivity index (χ2v) is 3.39. The molecule has 1 aromatic carbocycles. The molecule has 0 aliphatic carbocycles. The smallest absolute Gasteiger partial charge is 0.335 e. The molecule has 2 aromatic rings. The molecule has 0 atom stereocenters. The zero-order chi connectivity index (χ0) is 10.7. The molecule has 0 bridgehead atoms. The van der Waals surface area contributed by atoms with Gasteiger partial charge in [-0.05, 0) is 23.6 Å². The van der Waals surface area contributed by atoms with Crippen molar-refractivity contribution in [1.29, 1.82) is 0 Å². The number of hydrogen-bond acceptors (Lipinski definition) is 2. The average Bonchev–Trinajstić information content (AvgIpc) is 2.30. The molecule has 0 spiro atoms. The minimum Gasteiger partial charge on any atom is -0.431 e. The first-order valence-corrected chi connectivity index (χ1v) is 4.98. The van der Waals surface area contributed by atoms with E-state index in [1.165, 1.54) is 17.9 Å². The molecular weight excluding hydrogens is 188 g/mol. The van der Waals surface area contributed by atoms with Gasteiger partial charge in [-0.15, -0.1) is 0 Å². The minimum atomic E-state index is -0.316. The summed E-state index contributed by atoms with van der Waals surface area (Å²) in [6.45, 7) is 2.12. The Morgan fingerprint density at radius 1 is 1.00 bits per heavy atom. The summed E-state index contributed by atoms with van der Waals surface area (Å²) in [6.07, 6.45) is 2.52. The van der Waals surface area contributed by atoms with E-state index in [0.29, 0.717) is 0 Å². The largest absolute Gasteiger partial charge is 0.431 e.